The summed E-state index contributed by atoms with van der Waals surface area (Å²) < 4.78 is 0.877. The zero-order valence-corrected chi connectivity index (χ0v) is 13.8. The van der Waals surface area contributed by atoms with Crippen molar-refractivity contribution < 1.29 is 4.79 Å². The van der Waals surface area contributed by atoms with Crippen LogP contribution in [0.3, 0.4) is 0 Å². The Morgan fingerprint density at radius 3 is 2.94 bits per heavy atom. The summed E-state index contributed by atoms with van der Waals surface area (Å²) in [5.74, 6) is 0.0328. The molecule has 0 aromatic heterocycles. The van der Waals surface area contributed by atoms with E-state index >= 15 is 0 Å². The van der Waals surface area contributed by atoms with Crippen molar-refractivity contribution in [3.63, 3.8) is 0 Å². The van der Waals surface area contributed by atoms with Crippen molar-refractivity contribution in [3.05, 3.63) is 33.3 Å². The molecule has 18 heavy (non-hydrogen) atoms. The fraction of sp³-hybridized carbons (Fsp3) is 0.462. The summed E-state index contributed by atoms with van der Waals surface area (Å²) in [6.07, 6.45) is 3.32. The van der Waals surface area contributed by atoms with Crippen molar-refractivity contribution in [3.8, 4) is 0 Å². The van der Waals surface area contributed by atoms with Crippen LogP contribution in [0.5, 0.6) is 0 Å². The molecule has 0 N–H and O–H groups in total. The number of alkyl halides is 1. The maximum absolute atomic E-state index is 12.5. The highest BCUT2D eigenvalue weighted by Gasteiger charge is 2.27. The Morgan fingerprint density at radius 2 is 2.22 bits per heavy atom. The lowest BCUT2D eigenvalue weighted by Crippen LogP contribution is -2.44. The number of halogens is 3. The zero-order chi connectivity index (χ0) is 13.1. The second kappa shape index (κ2) is 6.40. The van der Waals surface area contributed by atoms with E-state index in [0.717, 1.165) is 29.2 Å². The highest BCUT2D eigenvalue weighted by molar-refractivity contribution is 9.10. The lowest BCUT2D eigenvalue weighted by atomic mass is 10.0. The molecule has 1 unspecified atom stereocenters. The van der Waals surface area contributed by atoms with Gasteiger partial charge in [-0.3, -0.25) is 4.79 Å². The average Bonchev–Trinajstić information content (AvgIpc) is 2.40. The standard InChI is InChI=1S/C13H14Br2ClNO/c14-8-10-3-1-2-6-17(10)13(18)11-7-9(15)4-5-12(11)16/h4-5,7,10H,1-3,6,8H2. The predicted octanol–water partition coefficient (Wildman–Crippen LogP) is 4.49. The molecular weight excluding hydrogens is 381 g/mol. The third-order valence-electron chi connectivity index (χ3n) is 3.22. The van der Waals surface area contributed by atoms with E-state index in [1.807, 2.05) is 11.0 Å². The van der Waals surface area contributed by atoms with E-state index < -0.39 is 0 Å². The maximum atomic E-state index is 12.5. The molecule has 1 atom stereocenters. The molecule has 0 radical (unpaired) electrons. The summed E-state index contributed by atoms with van der Waals surface area (Å²) in [5.41, 5.74) is 0.582. The molecule has 0 spiro atoms. The highest BCUT2D eigenvalue weighted by Crippen LogP contribution is 2.26. The molecule has 1 heterocycles. The number of carbonyl (C=O) groups excluding carboxylic acids is 1. The smallest absolute Gasteiger partial charge is 0.255 e. The van der Waals surface area contributed by atoms with Crippen LogP contribution in [0, 0.1) is 0 Å². The molecule has 2 rings (SSSR count). The highest BCUT2D eigenvalue weighted by atomic mass is 79.9. The van der Waals surface area contributed by atoms with E-state index in [1.165, 1.54) is 6.42 Å². The van der Waals surface area contributed by atoms with Crippen molar-refractivity contribution in [2.24, 2.45) is 0 Å². The van der Waals surface area contributed by atoms with Gasteiger partial charge in [0.2, 0.25) is 0 Å². The Kier molecular flexibility index (Phi) is 5.10. The summed E-state index contributed by atoms with van der Waals surface area (Å²) in [4.78, 5) is 14.5. The monoisotopic (exact) mass is 393 g/mol. The second-order valence-corrected chi connectivity index (χ2v) is 6.40. The van der Waals surface area contributed by atoms with Gasteiger partial charge in [0.15, 0.2) is 0 Å². The Labute approximate surface area is 129 Å². The Bertz CT molecular complexity index is 453. The number of likely N-dealkylation sites (tertiary alicyclic amines) is 1. The van der Waals surface area contributed by atoms with Gasteiger partial charge in [-0.05, 0) is 37.5 Å². The van der Waals surface area contributed by atoms with Gasteiger partial charge in [-0.15, -0.1) is 0 Å². The van der Waals surface area contributed by atoms with Crippen LogP contribution in [0.25, 0.3) is 0 Å². The molecule has 2 nitrogen and oxygen atoms in total. The summed E-state index contributed by atoms with van der Waals surface area (Å²) in [6, 6.07) is 5.68. The topological polar surface area (TPSA) is 20.3 Å². The molecule has 1 aromatic rings. The van der Waals surface area contributed by atoms with E-state index in [-0.39, 0.29) is 11.9 Å². The second-order valence-electron chi connectivity index (χ2n) is 4.43. The van der Waals surface area contributed by atoms with E-state index in [2.05, 4.69) is 31.9 Å². The summed E-state index contributed by atoms with van der Waals surface area (Å²) >= 11 is 13.0. The van der Waals surface area contributed by atoms with E-state index in [0.29, 0.717) is 10.6 Å². The van der Waals surface area contributed by atoms with E-state index in [9.17, 15) is 4.79 Å². The Balaban J connectivity index is 2.26. The van der Waals surface area contributed by atoms with Crippen molar-refractivity contribution in [2.75, 3.05) is 11.9 Å². The van der Waals surface area contributed by atoms with Crippen molar-refractivity contribution in [1.29, 1.82) is 0 Å². The number of nitrogens with zero attached hydrogens (tertiary/aromatic N) is 1. The summed E-state index contributed by atoms with van der Waals surface area (Å²) in [6.45, 7) is 0.817. The minimum Gasteiger partial charge on any atom is -0.335 e. The third-order valence-corrected chi connectivity index (χ3v) is 4.80. The first-order valence-electron chi connectivity index (χ1n) is 5.95. The first-order valence-corrected chi connectivity index (χ1v) is 8.24. The maximum Gasteiger partial charge on any atom is 0.255 e. The zero-order valence-electron chi connectivity index (χ0n) is 9.83. The van der Waals surface area contributed by atoms with Crippen LogP contribution < -0.4 is 0 Å². The average molecular weight is 396 g/mol. The molecule has 98 valence electrons. The minimum atomic E-state index is 0.0328. The molecule has 0 saturated carbocycles. The Hall–Kier alpha value is -0.0600. The largest absolute Gasteiger partial charge is 0.335 e. The number of hydrogen-bond donors (Lipinski definition) is 0. The SMILES string of the molecule is O=C(c1cc(Br)ccc1Cl)N1CCCCC1CBr. The number of benzene rings is 1. The lowest BCUT2D eigenvalue weighted by molar-refractivity contribution is 0.0642. The van der Waals surface area contributed by atoms with Crippen molar-refractivity contribution in [1.82, 2.24) is 4.90 Å². The van der Waals surface area contributed by atoms with Gasteiger partial charge in [0.05, 0.1) is 10.6 Å². The number of carbonyl (C=O) groups is 1. The summed E-state index contributed by atoms with van der Waals surface area (Å²) in [5, 5.41) is 1.34. The number of amides is 1. The molecule has 0 bridgehead atoms. The third kappa shape index (κ3) is 3.09. The van der Waals surface area contributed by atoms with Gasteiger partial charge < -0.3 is 4.90 Å². The van der Waals surface area contributed by atoms with Crippen LogP contribution in [0.15, 0.2) is 22.7 Å². The molecule has 1 fully saturated rings. The van der Waals surface area contributed by atoms with Crippen molar-refractivity contribution in [2.45, 2.75) is 25.3 Å². The normalized spacial score (nSPS) is 19.9. The van der Waals surface area contributed by atoms with Crippen molar-refractivity contribution >= 4 is 49.4 Å². The molecule has 1 aromatic carbocycles. The fourth-order valence-corrected chi connectivity index (χ4v) is 3.48. The van der Waals surface area contributed by atoms with Crippen LogP contribution in [-0.4, -0.2) is 28.7 Å². The number of rotatable bonds is 2. The molecule has 5 heteroatoms. The van der Waals surface area contributed by atoms with Crippen LogP contribution in [0.2, 0.25) is 5.02 Å². The van der Waals surface area contributed by atoms with Gasteiger partial charge in [0.25, 0.3) is 5.91 Å². The molecule has 0 aliphatic carbocycles. The van der Waals surface area contributed by atoms with Gasteiger partial charge in [0.1, 0.15) is 0 Å². The molecule has 1 aliphatic rings. The molecule has 1 aliphatic heterocycles. The van der Waals surface area contributed by atoms with Crippen LogP contribution >= 0.6 is 43.5 Å². The van der Waals surface area contributed by atoms with Gasteiger partial charge in [-0.1, -0.05) is 43.5 Å². The minimum absolute atomic E-state index is 0.0328. The molecule has 1 amide bonds. The van der Waals surface area contributed by atoms with Gasteiger partial charge >= 0.3 is 0 Å². The van der Waals surface area contributed by atoms with Gasteiger partial charge in [-0.2, -0.15) is 0 Å². The lowest BCUT2D eigenvalue weighted by Gasteiger charge is -2.35. The number of piperidine rings is 1. The van der Waals surface area contributed by atoms with Crippen LogP contribution in [0.4, 0.5) is 0 Å². The van der Waals surface area contributed by atoms with Crippen LogP contribution in [-0.2, 0) is 0 Å². The predicted molar refractivity (Wildman–Crippen MR) is 81.6 cm³/mol. The fourth-order valence-electron chi connectivity index (χ4n) is 2.24. The number of hydrogen-bond acceptors (Lipinski definition) is 1. The molecular formula is C13H14Br2ClNO. The van der Waals surface area contributed by atoms with Gasteiger partial charge in [0, 0.05) is 22.4 Å². The first-order chi connectivity index (χ1) is 8.63. The van der Waals surface area contributed by atoms with Crippen LogP contribution in [0.1, 0.15) is 29.6 Å². The first kappa shape index (κ1) is 14.4. The van der Waals surface area contributed by atoms with E-state index in [4.69, 9.17) is 11.6 Å². The molecule has 1 saturated heterocycles. The van der Waals surface area contributed by atoms with E-state index in [1.54, 1.807) is 12.1 Å². The summed E-state index contributed by atoms with van der Waals surface area (Å²) in [7, 11) is 0. The Morgan fingerprint density at radius 1 is 1.44 bits per heavy atom. The van der Waals surface area contributed by atoms with Gasteiger partial charge in [-0.25, -0.2) is 0 Å². The quantitative estimate of drug-likeness (QED) is 0.676.